The highest BCUT2D eigenvalue weighted by atomic mass is 16.5. The van der Waals surface area contributed by atoms with Gasteiger partial charge in [-0.2, -0.15) is 0 Å². The van der Waals surface area contributed by atoms with Gasteiger partial charge in [0.2, 0.25) is 0 Å². The molecule has 0 aliphatic heterocycles. The summed E-state index contributed by atoms with van der Waals surface area (Å²) in [5.74, 6) is 0. The van der Waals surface area contributed by atoms with E-state index in [2.05, 4.69) is 42.4 Å². The Kier molecular flexibility index (Phi) is 6.01. The van der Waals surface area contributed by atoms with Crippen molar-refractivity contribution in [2.75, 3.05) is 39.3 Å². The van der Waals surface area contributed by atoms with Gasteiger partial charge in [-0.3, -0.25) is 0 Å². The SMILES string of the molecule is CNCc1cc(C)ccc1N(C)CCCOC. The zero-order valence-electron chi connectivity index (χ0n) is 11.4. The first-order valence-electron chi connectivity index (χ1n) is 6.13. The Hall–Kier alpha value is -1.06. The van der Waals surface area contributed by atoms with Crippen LogP contribution in [0.25, 0.3) is 0 Å². The number of aryl methyl sites for hydroxylation is 1. The van der Waals surface area contributed by atoms with Gasteiger partial charge in [0, 0.05) is 39.5 Å². The molecule has 1 rings (SSSR count). The van der Waals surface area contributed by atoms with Gasteiger partial charge in [0.25, 0.3) is 0 Å². The van der Waals surface area contributed by atoms with E-state index in [1.807, 2.05) is 7.05 Å². The van der Waals surface area contributed by atoms with Crippen LogP contribution in [0.2, 0.25) is 0 Å². The van der Waals surface area contributed by atoms with E-state index >= 15 is 0 Å². The van der Waals surface area contributed by atoms with E-state index in [4.69, 9.17) is 4.74 Å². The number of anilines is 1. The van der Waals surface area contributed by atoms with Crippen LogP contribution in [-0.4, -0.2) is 34.4 Å². The first-order chi connectivity index (χ1) is 8.19. The van der Waals surface area contributed by atoms with Crippen LogP contribution < -0.4 is 10.2 Å². The van der Waals surface area contributed by atoms with E-state index in [0.717, 1.165) is 26.1 Å². The Morgan fingerprint density at radius 3 is 2.76 bits per heavy atom. The lowest BCUT2D eigenvalue weighted by Crippen LogP contribution is -2.22. The number of hydrogen-bond acceptors (Lipinski definition) is 3. The zero-order valence-corrected chi connectivity index (χ0v) is 11.4. The van der Waals surface area contributed by atoms with Crippen LogP contribution in [0.3, 0.4) is 0 Å². The summed E-state index contributed by atoms with van der Waals surface area (Å²) in [5, 5.41) is 3.22. The highest BCUT2D eigenvalue weighted by molar-refractivity contribution is 5.54. The third kappa shape index (κ3) is 4.36. The van der Waals surface area contributed by atoms with Crippen LogP contribution in [-0.2, 0) is 11.3 Å². The molecular weight excluding hydrogens is 212 g/mol. The maximum atomic E-state index is 5.09. The second-order valence-corrected chi connectivity index (χ2v) is 4.43. The Balaban J connectivity index is 2.73. The van der Waals surface area contributed by atoms with Gasteiger partial charge in [-0.05, 0) is 32.0 Å². The third-order valence-corrected chi connectivity index (χ3v) is 2.86. The molecule has 1 aromatic carbocycles. The fraction of sp³-hybridized carbons (Fsp3) is 0.571. The standard InChI is InChI=1S/C14H24N2O/c1-12-6-7-14(13(10-12)11-15-2)16(3)8-5-9-17-4/h6-7,10,15H,5,8-9,11H2,1-4H3. The molecule has 0 unspecified atom stereocenters. The summed E-state index contributed by atoms with van der Waals surface area (Å²) in [6.45, 7) is 4.88. The number of methoxy groups -OCH3 is 1. The first-order valence-corrected chi connectivity index (χ1v) is 6.13. The molecule has 1 aromatic rings. The van der Waals surface area contributed by atoms with E-state index in [1.54, 1.807) is 7.11 Å². The number of ether oxygens (including phenoxy) is 1. The maximum Gasteiger partial charge on any atom is 0.0479 e. The molecule has 0 amide bonds. The minimum atomic E-state index is 0.817. The summed E-state index contributed by atoms with van der Waals surface area (Å²) in [5.41, 5.74) is 3.97. The Morgan fingerprint density at radius 1 is 1.35 bits per heavy atom. The minimum absolute atomic E-state index is 0.817. The molecular formula is C14H24N2O. The fourth-order valence-corrected chi connectivity index (χ4v) is 1.99. The smallest absolute Gasteiger partial charge is 0.0479 e. The monoisotopic (exact) mass is 236 g/mol. The van der Waals surface area contributed by atoms with Gasteiger partial charge in [-0.1, -0.05) is 17.7 Å². The highest BCUT2D eigenvalue weighted by Gasteiger charge is 2.06. The maximum absolute atomic E-state index is 5.09. The number of benzene rings is 1. The predicted molar refractivity (Wildman–Crippen MR) is 73.7 cm³/mol. The van der Waals surface area contributed by atoms with Gasteiger partial charge in [0.1, 0.15) is 0 Å². The van der Waals surface area contributed by atoms with Gasteiger partial charge in [-0.15, -0.1) is 0 Å². The van der Waals surface area contributed by atoms with Crippen molar-refractivity contribution < 1.29 is 4.74 Å². The third-order valence-electron chi connectivity index (χ3n) is 2.86. The van der Waals surface area contributed by atoms with E-state index in [0.29, 0.717) is 0 Å². The number of nitrogens with one attached hydrogen (secondary N) is 1. The van der Waals surface area contributed by atoms with E-state index < -0.39 is 0 Å². The van der Waals surface area contributed by atoms with Crippen molar-refractivity contribution >= 4 is 5.69 Å². The topological polar surface area (TPSA) is 24.5 Å². The molecule has 96 valence electrons. The Morgan fingerprint density at radius 2 is 2.12 bits per heavy atom. The molecule has 1 N–H and O–H groups in total. The molecule has 0 saturated heterocycles. The fourth-order valence-electron chi connectivity index (χ4n) is 1.99. The summed E-state index contributed by atoms with van der Waals surface area (Å²) in [4.78, 5) is 2.30. The summed E-state index contributed by atoms with van der Waals surface area (Å²) < 4.78 is 5.09. The Bertz CT molecular complexity index is 339. The normalized spacial score (nSPS) is 10.6. The first kappa shape index (κ1) is 14.0. The van der Waals surface area contributed by atoms with Gasteiger partial charge in [0.05, 0.1) is 0 Å². The molecule has 0 spiro atoms. The summed E-state index contributed by atoms with van der Waals surface area (Å²) in [7, 11) is 5.87. The minimum Gasteiger partial charge on any atom is -0.385 e. The molecule has 0 saturated carbocycles. The molecule has 0 bridgehead atoms. The zero-order chi connectivity index (χ0) is 12.7. The second kappa shape index (κ2) is 7.30. The van der Waals surface area contributed by atoms with Gasteiger partial charge >= 0.3 is 0 Å². The molecule has 3 nitrogen and oxygen atoms in total. The van der Waals surface area contributed by atoms with Crippen molar-refractivity contribution in [3.8, 4) is 0 Å². The van der Waals surface area contributed by atoms with Crippen LogP contribution in [0.5, 0.6) is 0 Å². The van der Waals surface area contributed by atoms with Gasteiger partial charge in [0.15, 0.2) is 0 Å². The largest absolute Gasteiger partial charge is 0.385 e. The van der Waals surface area contributed by atoms with Crippen LogP contribution in [0.4, 0.5) is 5.69 Å². The van der Waals surface area contributed by atoms with Gasteiger partial charge in [-0.25, -0.2) is 0 Å². The molecule has 0 aliphatic carbocycles. The molecule has 0 radical (unpaired) electrons. The molecule has 0 atom stereocenters. The molecule has 0 aromatic heterocycles. The van der Waals surface area contributed by atoms with Crippen molar-refractivity contribution in [3.05, 3.63) is 29.3 Å². The van der Waals surface area contributed by atoms with Crippen molar-refractivity contribution in [2.24, 2.45) is 0 Å². The van der Waals surface area contributed by atoms with Crippen LogP contribution in [0, 0.1) is 6.92 Å². The molecule has 3 heteroatoms. The highest BCUT2D eigenvalue weighted by Crippen LogP contribution is 2.21. The lowest BCUT2D eigenvalue weighted by atomic mass is 10.1. The average molecular weight is 236 g/mol. The molecule has 0 aliphatic rings. The van der Waals surface area contributed by atoms with Crippen molar-refractivity contribution in [3.63, 3.8) is 0 Å². The van der Waals surface area contributed by atoms with Crippen LogP contribution >= 0.6 is 0 Å². The van der Waals surface area contributed by atoms with E-state index in [1.165, 1.54) is 16.8 Å². The number of nitrogens with zero attached hydrogens (tertiary/aromatic N) is 1. The summed E-state index contributed by atoms with van der Waals surface area (Å²) in [6.07, 6.45) is 1.06. The number of hydrogen-bond donors (Lipinski definition) is 1. The number of rotatable bonds is 7. The van der Waals surface area contributed by atoms with E-state index in [-0.39, 0.29) is 0 Å². The lowest BCUT2D eigenvalue weighted by Gasteiger charge is -2.23. The van der Waals surface area contributed by atoms with Crippen LogP contribution in [0.1, 0.15) is 17.5 Å². The quantitative estimate of drug-likeness (QED) is 0.734. The Labute approximate surface area is 105 Å². The molecule has 17 heavy (non-hydrogen) atoms. The lowest BCUT2D eigenvalue weighted by molar-refractivity contribution is 0.196. The second-order valence-electron chi connectivity index (χ2n) is 4.43. The average Bonchev–Trinajstić information content (AvgIpc) is 2.30. The molecule has 0 fully saturated rings. The summed E-state index contributed by atoms with van der Waals surface area (Å²) >= 11 is 0. The summed E-state index contributed by atoms with van der Waals surface area (Å²) in [6, 6.07) is 6.62. The molecule has 0 heterocycles. The van der Waals surface area contributed by atoms with Crippen LogP contribution in [0.15, 0.2) is 18.2 Å². The van der Waals surface area contributed by atoms with Crippen molar-refractivity contribution in [1.29, 1.82) is 0 Å². The van der Waals surface area contributed by atoms with E-state index in [9.17, 15) is 0 Å². The van der Waals surface area contributed by atoms with Gasteiger partial charge < -0.3 is 15.0 Å². The predicted octanol–water partition coefficient (Wildman–Crippen LogP) is 2.19. The van der Waals surface area contributed by atoms with Crippen molar-refractivity contribution in [2.45, 2.75) is 19.9 Å². The van der Waals surface area contributed by atoms with Crippen molar-refractivity contribution in [1.82, 2.24) is 5.32 Å².